The van der Waals surface area contributed by atoms with E-state index >= 15 is 0 Å². The molecule has 1 aromatic carbocycles. The number of ether oxygens (including phenoxy) is 2. The van der Waals surface area contributed by atoms with Crippen LogP contribution in [-0.2, 0) is 4.74 Å². The van der Waals surface area contributed by atoms with Gasteiger partial charge in [0.05, 0.1) is 12.2 Å². The monoisotopic (exact) mass is 422 g/mol. The van der Waals surface area contributed by atoms with Crippen LogP contribution in [0.3, 0.4) is 0 Å². The molecular formula is C25H30N2O4. The molecule has 1 N–H and O–H groups in total. The largest absolute Gasteiger partial charge is 0.491 e. The van der Waals surface area contributed by atoms with Crippen LogP contribution in [0.4, 0.5) is 0 Å². The number of nitrogens with zero attached hydrogens (tertiary/aromatic N) is 2. The molecule has 3 heterocycles. The van der Waals surface area contributed by atoms with Gasteiger partial charge in [-0.25, -0.2) is 0 Å². The van der Waals surface area contributed by atoms with Gasteiger partial charge in [-0.15, -0.1) is 0 Å². The molecule has 0 radical (unpaired) electrons. The van der Waals surface area contributed by atoms with E-state index in [-0.39, 0.29) is 12.0 Å². The number of aliphatic hydroxyl groups is 1. The molecule has 1 amide bonds. The maximum atomic E-state index is 13.1. The van der Waals surface area contributed by atoms with Crippen molar-refractivity contribution in [2.75, 3.05) is 13.1 Å². The number of amides is 1. The molecule has 164 valence electrons. The van der Waals surface area contributed by atoms with Crippen LogP contribution in [0.5, 0.6) is 5.75 Å². The van der Waals surface area contributed by atoms with E-state index in [0.29, 0.717) is 43.7 Å². The number of pyridine rings is 1. The van der Waals surface area contributed by atoms with Crippen LogP contribution in [0.2, 0.25) is 0 Å². The summed E-state index contributed by atoms with van der Waals surface area (Å²) in [6.07, 6.45) is 4.84. The number of piperidine rings is 1. The average Bonchev–Trinajstić information content (AvgIpc) is 2.75. The number of likely N-dealkylation sites (tertiary alicyclic amines) is 1. The summed E-state index contributed by atoms with van der Waals surface area (Å²) in [7, 11) is 0. The molecule has 1 aromatic heterocycles. The molecule has 2 aliphatic rings. The van der Waals surface area contributed by atoms with Gasteiger partial charge < -0.3 is 19.5 Å². The highest BCUT2D eigenvalue weighted by Gasteiger charge is 2.42. The zero-order valence-corrected chi connectivity index (χ0v) is 18.4. The molecule has 1 atom stereocenters. The summed E-state index contributed by atoms with van der Waals surface area (Å²) < 4.78 is 12.1. The van der Waals surface area contributed by atoms with Crippen molar-refractivity contribution in [3.8, 4) is 5.75 Å². The van der Waals surface area contributed by atoms with Crippen molar-refractivity contribution >= 4 is 11.7 Å². The van der Waals surface area contributed by atoms with E-state index in [1.165, 1.54) is 0 Å². The predicted molar refractivity (Wildman–Crippen MR) is 119 cm³/mol. The SMILES string of the molecule is Cc1cc(C(=O)N2CCC3(CC2)CC(O)C=C(c2ccccn2)O3)ccc1OC(C)C. The number of hydrogen-bond acceptors (Lipinski definition) is 5. The summed E-state index contributed by atoms with van der Waals surface area (Å²) in [6, 6.07) is 11.2. The van der Waals surface area contributed by atoms with E-state index in [1.54, 1.807) is 12.3 Å². The molecule has 6 heteroatoms. The quantitative estimate of drug-likeness (QED) is 0.807. The Morgan fingerprint density at radius 1 is 1.26 bits per heavy atom. The highest BCUT2D eigenvalue weighted by atomic mass is 16.5. The van der Waals surface area contributed by atoms with Gasteiger partial charge in [-0.2, -0.15) is 0 Å². The number of aliphatic hydroxyl groups excluding tert-OH is 1. The maximum absolute atomic E-state index is 13.1. The minimum atomic E-state index is -0.579. The van der Waals surface area contributed by atoms with E-state index in [4.69, 9.17) is 9.47 Å². The van der Waals surface area contributed by atoms with Crippen molar-refractivity contribution in [1.82, 2.24) is 9.88 Å². The third-order valence-electron chi connectivity index (χ3n) is 5.92. The van der Waals surface area contributed by atoms with Gasteiger partial charge in [-0.05, 0) is 62.7 Å². The Kier molecular flexibility index (Phi) is 6.01. The Labute approximate surface area is 183 Å². The maximum Gasteiger partial charge on any atom is 0.253 e. The number of aromatic nitrogens is 1. The standard InChI is InChI=1S/C25H30N2O4/c1-17(2)30-22-8-7-19(14-18(22)3)24(29)27-12-9-25(10-13-27)16-20(28)15-23(31-25)21-6-4-5-11-26-21/h4-8,11,14-15,17,20,28H,9-10,12-13,16H2,1-3H3. The Balaban J connectivity index is 1.43. The van der Waals surface area contributed by atoms with Crippen molar-refractivity contribution in [3.63, 3.8) is 0 Å². The van der Waals surface area contributed by atoms with E-state index < -0.39 is 11.7 Å². The van der Waals surface area contributed by atoms with Crippen LogP contribution in [0.1, 0.15) is 54.7 Å². The number of carbonyl (C=O) groups is 1. The molecule has 0 bridgehead atoms. The first-order valence-electron chi connectivity index (χ1n) is 10.9. The van der Waals surface area contributed by atoms with Gasteiger partial charge >= 0.3 is 0 Å². The molecule has 2 aliphatic heterocycles. The van der Waals surface area contributed by atoms with Crippen LogP contribution in [0, 0.1) is 6.92 Å². The molecular weight excluding hydrogens is 392 g/mol. The smallest absolute Gasteiger partial charge is 0.253 e. The lowest BCUT2D eigenvalue weighted by molar-refractivity contribution is -0.0530. The van der Waals surface area contributed by atoms with E-state index in [9.17, 15) is 9.90 Å². The number of aryl methyl sites for hydroxylation is 1. The molecule has 1 unspecified atom stereocenters. The average molecular weight is 423 g/mol. The second-order valence-electron chi connectivity index (χ2n) is 8.74. The summed E-state index contributed by atoms with van der Waals surface area (Å²) in [5, 5.41) is 10.5. The molecule has 1 fully saturated rings. The van der Waals surface area contributed by atoms with Crippen LogP contribution < -0.4 is 4.74 Å². The van der Waals surface area contributed by atoms with E-state index in [2.05, 4.69) is 4.98 Å². The van der Waals surface area contributed by atoms with Gasteiger partial charge in [0, 0.05) is 44.1 Å². The van der Waals surface area contributed by atoms with Gasteiger partial charge in [-0.1, -0.05) is 6.07 Å². The molecule has 2 aromatic rings. The minimum Gasteiger partial charge on any atom is -0.491 e. The number of hydrogen-bond donors (Lipinski definition) is 1. The summed E-state index contributed by atoms with van der Waals surface area (Å²) in [4.78, 5) is 19.3. The number of rotatable bonds is 4. The third kappa shape index (κ3) is 4.74. The van der Waals surface area contributed by atoms with Crippen LogP contribution in [0.25, 0.3) is 5.76 Å². The van der Waals surface area contributed by atoms with Crippen molar-refractivity contribution < 1.29 is 19.4 Å². The fourth-order valence-corrected chi connectivity index (χ4v) is 4.34. The van der Waals surface area contributed by atoms with Crippen molar-refractivity contribution in [1.29, 1.82) is 0 Å². The molecule has 1 spiro atoms. The normalized spacial score (nSPS) is 20.4. The van der Waals surface area contributed by atoms with E-state index in [1.807, 2.05) is 62.1 Å². The van der Waals surface area contributed by atoms with Crippen LogP contribution in [-0.4, -0.2) is 51.8 Å². The Morgan fingerprint density at radius 2 is 2.03 bits per heavy atom. The predicted octanol–water partition coefficient (Wildman–Crippen LogP) is 3.97. The number of benzene rings is 1. The second-order valence-corrected chi connectivity index (χ2v) is 8.74. The van der Waals surface area contributed by atoms with Crippen LogP contribution >= 0.6 is 0 Å². The first kappa shape index (κ1) is 21.4. The van der Waals surface area contributed by atoms with Gasteiger partial charge in [0.25, 0.3) is 5.91 Å². The lowest BCUT2D eigenvalue weighted by Gasteiger charge is -2.45. The molecule has 31 heavy (non-hydrogen) atoms. The zero-order chi connectivity index (χ0) is 22.0. The summed E-state index contributed by atoms with van der Waals surface area (Å²) >= 11 is 0. The fourth-order valence-electron chi connectivity index (χ4n) is 4.34. The minimum absolute atomic E-state index is 0.0193. The topological polar surface area (TPSA) is 71.9 Å². The van der Waals surface area contributed by atoms with Crippen molar-refractivity contribution in [2.45, 2.75) is 57.8 Å². The summed E-state index contributed by atoms with van der Waals surface area (Å²) in [6.45, 7) is 7.11. The van der Waals surface area contributed by atoms with Crippen molar-refractivity contribution in [2.24, 2.45) is 0 Å². The van der Waals surface area contributed by atoms with Crippen LogP contribution in [0.15, 0.2) is 48.7 Å². The molecule has 6 nitrogen and oxygen atoms in total. The molecule has 0 aliphatic carbocycles. The Morgan fingerprint density at radius 3 is 2.68 bits per heavy atom. The van der Waals surface area contributed by atoms with E-state index in [0.717, 1.165) is 17.0 Å². The highest BCUT2D eigenvalue weighted by Crippen LogP contribution is 2.39. The Hall–Kier alpha value is -2.86. The van der Waals surface area contributed by atoms with Crippen molar-refractivity contribution in [3.05, 3.63) is 65.5 Å². The first-order valence-corrected chi connectivity index (χ1v) is 10.9. The van der Waals surface area contributed by atoms with Gasteiger partial charge in [-0.3, -0.25) is 9.78 Å². The second kappa shape index (κ2) is 8.71. The summed E-state index contributed by atoms with van der Waals surface area (Å²) in [5.41, 5.74) is 1.88. The lowest BCUT2D eigenvalue weighted by atomic mass is 9.83. The van der Waals surface area contributed by atoms with Gasteiger partial charge in [0.2, 0.25) is 0 Å². The highest BCUT2D eigenvalue weighted by molar-refractivity contribution is 5.94. The molecule has 0 saturated carbocycles. The first-order chi connectivity index (χ1) is 14.8. The fraction of sp³-hybridized carbons (Fsp3) is 0.440. The summed E-state index contributed by atoms with van der Waals surface area (Å²) in [5.74, 6) is 1.45. The molecule has 4 rings (SSSR count). The van der Waals surface area contributed by atoms with Gasteiger partial charge in [0.15, 0.2) is 0 Å². The lowest BCUT2D eigenvalue weighted by Crippen LogP contribution is -2.50. The number of carbonyl (C=O) groups excluding carboxylic acids is 1. The molecule has 1 saturated heterocycles. The zero-order valence-electron chi connectivity index (χ0n) is 18.4. The Bertz CT molecular complexity index is 963. The third-order valence-corrected chi connectivity index (χ3v) is 5.92. The van der Waals surface area contributed by atoms with Gasteiger partial charge in [0.1, 0.15) is 22.8 Å².